The molecule has 0 aromatic heterocycles. The van der Waals surface area contributed by atoms with Crippen LogP contribution in [0, 0.1) is 11.8 Å². The molecule has 18 heavy (non-hydrogen) atoms. The van der Waals surface area contributed by atoms with Crippen LogP contribution in [0.15, 0.2) is 30.3 Å². The van der Waals surface area contributed by atoms with E-state index >= 15 is 0 Å². The van der Waals surface area contributed by atoms with Crippen molar-refractivity contribution in [1.82, 2.24) is 4.90 Å². The smallest absolute Gasteiger partial charge is 0.00959 e. The molecular weight excluding hydrogens is 218 g/mol. The van der Waals surface area contributed by atoms with Crippen LogP contribution in [0.4, 0.5) is 0 Å². The van der Waals surface area contributed by atoms with Crippen LogP contribution in [-0.2, 0) is 0 Å². The Kier molecular flexibility index (Phi) is 2.69. The summed E-state index contributed by atoms with van der Waals surface area (Å²) < 4.78 is 0. The molecule has 1 aliphatic heterocycles. The molecule has 2 aliphatic carbocycles. The fraction of sp³-hybridized carbons (Fsp3) is 0.647. The highest BCUT2D eigenvalue weighted by Gasteiger charge is 2.46. The van der Waals surface area contributed by atoms with E-state index in [-0.39, 0.29) is 0 Å². The highest BCUT2D eigenvalue weighted by atomic mass is 15.2. The van der Waals surface area contributed by atoms with Gasteiger partial charge in [0.15, 0.2) is 0 Å². The summed E-state index contributed by atoms with van der Waals surface area (Å²) in [5, 5.41) is 0. The number of piperidine rings is 1. The molecule has 96 valence electrons. The first kappa shape index (κ1) is 11.0. The van der Waals surface area contributed by atoms with Gasteiger partial charge in [0, 0.05) is 19.1 Å². The Morgan fingerprint density at radius 2 is 1.50 bits per heavy atom. The van der Waals surface area contributed by atoms with Crippen LogP contribution in [0.2, 0.25) is 0 Å². The molecule has 1 nitrogen and oxygen atoms in total. The van der Waals surface area contributed by atoms with E-state index in [1.807, 2.05) is 0 Å². The first-order chi connectivity index (χ1) is 8.90. The minimum absolute atomic E-state index is 0.833. The Balaban J connectivity index is 1.35. The fourth-order valence-electron chi connectivity index (χ4n) is 4.23. The first-order valence-electron chi connectivity index (χ1n) is 7.69. The van der Waals surface area contributed by atoms with E-state index in [9.17, 15) is 0 Å². The third kappa shape index (κ3) is 1.99. The van der Waals surface area contributed by atoms with Gasteiger partial charge in [0.25, 0.3) is 0 Å². The van der Waals surface area contributed by atoms with Crippen LogP contribution in [0.3, 0.4) is 0 Å². The topological polar surface area (TPSA) is 3.24 Å². The number of hydrogen-bond donors (Lipinski definition) is 0. The van der Waals surface area contributed by atoms with E-state index in [1.54, 1.807) is 5.56 Å². The molecule has 1 heteroatoms. The first-order valence-corrected chi connectivity index (χ1v) is 7.69. The second-order valence-corrected chi connectivity index (χ2v) is 6.63. The van der Waals surface area contributed by atoms with E-state index in [2.05, 4.69) is 35.2 Å². The predicted molar refractivity (Wildman–Crippen MR) is 74.6 cm³/mol. The zero-order valence-electron chi connectivity index (χ0n) is 11.1. The van der Waals surface area contributed by atoms with Crippen LogP contribution >= 0.6 is 0 Å². The standard InChI is InChI=1S/C17H23N/c1-2-4-13(5-3-1)14-6-8-17(9-7-14)18-11-15-10-16(15)12-18/h1-5,14-17H,6-12H2. The van der Waals surface area contributed by atoms with Gasteiger partial charge in [-0.25, -0.2) is 0 Å². The van der Waals surface area contributed by atoms with Gasteiger partial charge in [0.05, 0.1) is 0 Å². The predicted octanol–water partition coefficient (Wildman–Crippen LogP) is 3.66. The molecule has 1 heterocycles. The van der Waals surface area contributed by atoms with Crippen LogP contribution < -0.4 is 0 Å². The van der Waals surface area contributed by atoms with Gasteiger partial charge < -0.3 is 0 Å². The molecule has 0 bridgehead atoms. The molecule has 1 aromatic carbocycles. The maximum absolute atomic E-state index is 2.81. The van der Waals surface area contributed by atoms with E-state index in [0.717, 1.165) is 23.8 Å². The van der Waals surface area contributed by atoms with Crippen molar-refractivity contribution in [2.45, 2.75) is 44.1 Å². The Bertz CT molecular complexity index is 395. The van der Waals surface area contributed by atoms with Crippen molar-refractivity contribution in [3.63, 3.8) is 0 Å². The van der Waals surface area contributed by atoms with Gasteiger partial charge in [-0.05, 0) is 55.4 Å². The lowest BCUT2D eigenvalue weighted by Crippen LogP contribution is -2.37. The Labute approximate surface area is 110 Å². The second-order valence-electron chi connectivity index (χ2n) is 6.63. The summed E-state index contributed by atoms with van der Waals surface area (Å²) in [6.45, 7) is 2.84. The van der Waals surface area contributed by atoms with Crippen LogP contribution in [0.25, 0.3) is 0 Å². The Morgan fingerprint density at radius 3 is 2.17 bits per heavy atom. The zero-order valence-corrected chi connectivity index (χ0v) is 11.1. The lowest BCUT2D eigenvalue weighted by Gasteiger charge is -2.35. The lowest BCUT2D eigenvalue weighted by molar-refractivity contribution is 0.166. The highest BCUT2D eigenvalue weighted by molar-refractivity contribution is 5.20. The minimum Gasteiger partial charge on any atom is -0.300 e. The minimum atomic E-state index is 0.833. The van der Waals surface area contributed by atoms with Crippen LogP contribution in [0.5, 0.6) is 0 Å². The summed E-state index contributed by atoms with van der Waals surface area (Å²) in [7, 11) is 0. The molecule has 0 amide bonds. The van der Waals surface area contributed by atoms with Crippen molar-refractivity contribution >= 4 is 0 Å². The molecule has 2 atom stereocenters. The van der Waals surface area contributed by atoms with Crippen molar-refractivity contribution in [3.8, 4) is 0 Å². The number of rotatable bonds is 2. The number of fused-ring (bicyclic) bond motifs is 1. The molecule has 3 aliphatic rings. The summed E-state index contributed by atoms with van der Waals surface area (Å²) in [6, 6.07) is 12.1. The molecule has 0 N–H and O–H groups in total. The quantitative estimate of drug-likeness (QED) is 0.763. The number of likely N-dealkylation sites (tertiary alicyclic amines) is 1. The van der Waals surface area contributed by atoms with Gasteiger partial charge in [-0.1, -0.05) is 30.3 Å². The second kappa shape index (κ2) is 4.38. The average Bonchev–Trinajstić information content (AvgIpc) is 3.06. The van der Waals surface area contributed by atoms with Gasteiger partial charge in [0.2, 0.25) is 0 Å². The van der Waals surface area contributed by atoms with Crippen molar-refractivity contribution in [2.24, 2.45) is 11.8 Å². The molecule has 1 saturated heterocycles. The van der Waals surface area contributed by atoms with E-state index < -0.39 is 0 Å². The van der Waals surface area contributed by atoms with Gasteiger partial charge >= 0.3 is 0 Å². The van der Waals surface area contributed by atoms with Gasteiger partial charge in [-0.15, -0.1) is 0 Å². The maximum Gasteiger partial charge on any atom is 0.00959 e. The zero-order chi connectivity index (χ0) is 11.9. The normalized spacial score (nSPS) is 39.6. The molecule has 4 rings (SSSR count). The molecule has 1 aromatic rings. The third-order valence-electron chi connectivity index (χ3n) is 5.49. The van der Waals surface area contributed by atoms with Crippen molar-refractivity contribution < 1.29 is 0 Å². The monoisotopic (exact) mass is 241 g/mol. The Hall–Kier alpha value is -0.820. The molecule has 0 radical (unpaired) electrons. The van der Waals surface area contributed by atoms with Gasteiger partial charge in [-0.2, -0.15) is 0 Å². The number of benzene rings is 1. The van der Waals surface area contributed by atoms with Crippen LogP contribution in [-0.4, -0.2) is 24.0 Å². The highest BCUT2D eigenvalue weighted by Crippen LogP contribution is 2.47. The summed E-state index contributed by atoms with van der Waals surface area (Å²) in [6.07, 6.45) is 7.20. The SMILES string of the molecule is c1ccc(C2CCC(N3CC4CC4C3)CC2)cc1. The third-order valence-corrected chi connectivity index (χ3v) is 5.49. The van der Waals surface area contributed by atoms with E-state index in [4.69, 9.17) is 0 Å². The molecule has 0 spiro atoms. The number of nitrogens with zero attached hydrogens (tertiary/aromatic N) is 1. The van der Waals surface area contributed by atoms with Crippen molar-refractivity contribution in [2.75, 3.05) is 13.1 Å². The average molecular weight is 241 g/mol. The van der Waals surface area contributed by atoms with Gasteiger partial charge in [0.1, 0.15) is 0 Å². The summed E-state index contributed by atoms with van der Waals surface area (Å²) >= 11 is 0. The largest absolute Gasteiger partial charge is 0.300 e. The molecular formula is C17H23N. The summed E-state index contributed by atoms with van der Waals surface area (Å²) in [4.78, 5) is 2.81. The van der Waals surface area contributed by atoms with E-state index in [0.29, 0.717) is 0 Å². The lowest BCUT2D eigenvalue weighted by atomic mass is 9.81. The molecule has 3 fully saturated rings. The molecule has 2 unspecified atom stereocenters. The van der Waals surface area contributed by atoms with Crippen molar-refractivity contribution in [3.05, 3.63) is 35.9 Å². The summed E-state index contributed by atoms with van der Waals surface area (Å²) in [5.74, 6) is 3.02. The summed E-state index contributed by atoms with van der Waals surface area (Å²) in [5.41, 5.74) is 1.57. The molecule has 2 saturated carbocycles. The maximum atomic E-state index is 2.81. The number of hydrogen-bond acceptors (Lipinski definition) is 1. The van der Waals surface area contributed by atoms with Crippen LogP contribution in [0.1, 0.15) is 43.6 Å². The van der Waals surface area contributed by atoms with Gasteiger partial charge in [-0.3, -0.25) is 4.90 Å². The fourth-order valence-corrected chi connectivity index (χ4v) is 4.23. The van der Waals surface area contributed by atoms with Crippen molar-refractivity contribution in [1.29, 1.82) is 0 Å². The Morgan fingerprint density at radius 1 is 0.833 bits per heavy atom. The van der Waals surface area contributed by atoms with E-state index in [1.165, 1.54) is 45.2 Å².